The molecule has 0 radical (unpaired) electrons. The molecule has 0 fully saturated rings. The van der Waals surface area contributed by atoms with Crippen molar-refractivity contribution < 1.29 is 95.7 Å². The van der Waals surface area contributed by atoms with Gasteiger partial charge in [0.25, 0.3) is 0 Å². The molecule has 0 aliphatic carbocycles. The number of rotatable bonds is 0. The zero-order valence-corrected chi connectivity index (χ0v) is 16.7. The van der Waals surface area contributed by atoms with Crippen LogP contribution in [0.4, 0.5) is 0 Å². The summed E-state index contributed by atoms with van der Waals surface area (Å²) in [7, 11) is -6.03. The first-order valence-corrected chi connectivity index (χ1v) is 5.46. The summed E-state index contributed by atoms with van der Waals surface area (Å²) >= 11 is 0. The van der Waals surface area contributed by atoms with E-state index in [0.29, 0.717) is 0 Å². The van der Waals surface area contributed by atoms with E-state index in [1.54, 1.807) is 0 Å². The molecule has 18 nitrogen and oxygen atoms in total. The SMILES string of the molecule is N#[C][Co]([C]#N)([C]#N)([C]#N)([C]#N)[C]#N.O.O.O.O.O.O.O.O.O.O.O.O.[Zn]. The second-order valence-electron chi connectivity index (χ2n) is 1.70. The normalized spacial score (nSPS) is 6.69. The largest absolute Gasteiger partial charge is 0.412 e. The van der Waals surface area contributed by atoms with Crippen LogP contribution in [0, 0.1) is 61.6 Å². The molecule has 0 heterocycles. The molecule has 0 amide bonds. The van der Waals surface area contributed by atoms with Crippen LogP contribution >= 0.6 is 0 Å². The molecule has 0 aliphatic heterocycles. The fourth-order valence-corrected chi connectivity index (χ4v) is 1.03. The van der Waals surface area contributed by atoms with E-state index in [1.165, 1.54) is 0 Å². The maximum atomic E-state index is 8.58. The molecule has 0 bridgehead atoms. The van der Waals surface area contributed by atoms with Crippen molar-refractivity contribution in [2.45, 2.75) is 0 Å². The Morgan fingerprint density at radius 2 is 0.385 bits per heavy atom. The first-order chi connectivity index (χ1) is 5.97. The number of nitrogens with zero attached hydrogens (tertiary/aromatic N) is 6. The Labute approximate surface area is 157 Å². The Bertz CT molecular complexity index is 418. The summed E-state index contributed by atoms with van der Waals surface area (Å²) in [6.07, 6.45) is 0. The second-order valence-corrected chi connectivity index (χ2v) is 7.00. The van der Waals surface area contributed by atoms with E-state index < -0.39 is 10.5 Å². The second kappa shape index (κ2) is 30.5. The third kappa shape index (κ3) is 12.0. The number of hydrogen-bond donors (Lipinski definition) is 0. The van der Waals surface area contributed by atoms with Gasteiger partial charge in [-0.15, -0.1) is 0 Å². The van der Waals surface area contributed by atoms with E-state index in [4.69, 9.17) is 31.6 Å². The molecular weight excluding hydrogens is 472 g/mol. The predicted molar refractivity (Wildman–Crippen MR) is 77.0 cm³/mol. The van der Waals surface area contributed by atoms with Crippen molar-refractivity contribution >= 4 is 0 Å². The van der Waals surface area contributed by atoms with Crippen molar-refractivity contribution in [1.29, 1.82) is 31.6 Å². The van der Waals surface area contributed by atoms with E-state index in [1.807, 2.05) is 0 Å². The molecule has 0 aromatic carbocycles. The van der Waals surface area contributed by atoms with Crippen LogP contribution in [0.3, 0.4) is 0 Å². The quantitative estimate of drug-likeness (QED) is 0.292. The predicted octanol–water partition coefficient (Wildman–Crippen LogP) is -9.80. The summed E-state index contributed by atoms with van der Waals surface area (Å²) in [6.45, 7) is 0. The molecule has 0 aliphatic rings. The summed E-state index contributed by atoms with van der Waals surface area (Å²) in [6, 6.07) is 0. The third-order valence-corrected chi connectivity index (χ3v) is 4.61. The summed E-state index contributed by atoms with van der Waals surface area (Å²) in [5.41, 5.74) is 0. The fraction of sp³-hybridized carbons (Fsp3) is 0. The van der Waals surface area contributed by atoms with Gasteiger partial charge in [-0.2, -0.15) is 0 Å². The molecular formula is C6H24CoN6O12Zn. The van der Waals surface area contributed by atoms with Gasteiger partial charge in [0.15, 0.2) is 0 Å². The van der Waals surface area contributed by atoms with E-state index in [9.17, 15) is 0 Å². The molecule has 20 heteroatoms. The molecule has 24 N–H and O–H groups in total. The smallest absolute Gasteiger partial charge is 0 e. The first-order valence-electron chi connectivity index (χ1n) is 2.34. The van der Waals surface area contributed by atoms with Gasteiger partial charge in [0, 0.05) is 19.5 Å². The van der Waals surface area contributed by atoms with Gasteiger partial charge in [-0.25, -0.2) is 0 Å². The zero-order chi connectivity index (χ0) is 10.7. The van der Waals surface area contributed by atoms with Crippen LogP contribution in [0.2, 0.25) is 0 Å². The van der Waals surface area contributed by atoms with Crippen LogP contribution in [0.15, 0.2) is 0 Å². The molecule has 0 unspecified atom stereocenters. The van der Waals surface area contributed by atoms with Crippen molar-refractivity contribution in [3.8, 4) is 30.0 Å². The fourth-order valence-electron chi connectivity index (χ4n) is 0.250. The Morgan fingerprint density at radius 3 is 0.385 bits per heavy atom. The van der Waals surface area contributed by atoms with Crippen LogP contribution in [0.5, 0.6) is 0 Å². The average Bonchev–Trinajstić information content (AvgIpc) is 2.26. The van der Waals surface area contributed by atoms with E-state index in [2.05, 4.69) is 0 Å². The van der Waals surface area contributed by atoms with Crippen LogP contribution in [0.25, 0.3) is 0 Å². The van der Waals surface area contributed by atoms with Gasteiger partial charge >= 0.3 is 72.1 Å². The van der Waals surface area contributed by atoms with Crippen molar-refractivity contribution in [1.82, 2.24) is 0 Å². The van der Waals surface area contributed by atoms with Crippen LogP contribution in [-0.4, -0.2) is 65.7 Å². The van der Waals surface area contributed by atoms with E-state index in [-0.39, 0.29) is 85.2 Å². The average molecular weight is 497 g/mol. The van der Waals surface area contributed by atoms with Crippen molar-refractivity contribution in [3.05, 3.63) is 0 Å². The van der Waals surface area contributed by atoms with Crippen molar-refractivity contribution in [2.75, 3.05) is 0 Å². The van der Waals surface area contributed by atoms with Crippen molar-refractivity contribution in [2.24, 2.45) is 0 Å². The molecule has 0 saturated carbocycles. The monoisotopic (exact) mass is 495 g/mol. The van der Waals surface area contributed by atoms with Gasteiger partial charge in [-0.3, -0.25) is 0 Å². The maximum absolute atomic E-state index is 8.58. The van der Waals surface area contributed by atoms with Crippen molar-refractivity contribution in [3.63, 3.8) is 0 Å². The molecule has 0 aromatic rings. The molecule has 26 heavy (non-hydrogen) atoms. The minimum Gasteiger partial charge on any atom is -0.412 e. The van der Waals surface area contributed by atoms with Gasteiger partial charge in [0.2, 0.25) is 0 Å². The minimum atomic E-state index is -6.03. The Hall–Kier alpha value is -2.41. The summed E-state index contributed by atoms with van der Waals surface area (Å²) in [5, 5.41) is 57.6. The van der Waals surface area contributed by atoms with E-state index in [0.717, 1.165) is 30.0 Å². The van der Waals surface area contributed by atoms with Crippen LogP contribution in [0.1, 0.15) is 0 Å². The van der Waals surface area contributed by atoms with Gasteiger partial charge in [0.05, 0.1) is 0 Å². The Morgan fingerprint density at radius 1 is 0.308 bits per heavy atom. The minimum absolute atomic E-state index is 0. The standard InChI is InChI=1S/6CN.Co.12H2O.Zn/c6*1-2;;;;;;;;;;;;;;/h;;;;;;;12*1H2;. The number of hydrogen-bond acceptors (Lipinski definition) is 6. The molecule has 161 valence electrons. The Balaban J connectivity index is -0.00000000923. The zero-order valence-electron chi connectivity index (χ0n) is 12.7. The molecule has 0 saturated heterocycles. The van der Waals surface area contributed by atoms with Crippen LogP contribution in [-0.2, 0) is 30.0 Å². The van der Waals surface area contributed by atoms with Crippen LogP contribution < -0.4 is 0 Å². The number of nitriles is 6. The van der Waals surface area contributed by atoms with Gasteiger partial charge in [-0.1, -0.05) is 0 Å². The van der Waals surface area contributed by atoms with Gasteiger partial charge in [0.1, 0.15) is 0 Å². The molecule has 0 aromatic heterocycles. The molecule has 0 atom stereocenters. The van der Waals surface area contributed by atoms with E-state index >= 15 is 0 Å². The Kier molecular flexibility index (Phi) is 153. The van der Waals surface area contributed by atoms with Gasteiger partial charge < -0.3 is 65.7 Å². The third-order valence-electron chi connectivity index (χ3n) is 1.12. The summed E-state index contributed by atoms with van der Waals surface area (Å²) in [4.78, 5) is 0. The van der Waals surface area contributed by atoms with Gasteiger partial charge in [-0.05, 0) is 0 Å². The molecule has 0 rings (SSSR count). The topological polar surface area (TPSA) is 521 Å². The summed E-state index contributed by atoms with van der Waals surface area (Å²) < 4.78 is 0. The summed E-state index contributed by atoms with van der Waals surface area (Å²) in [5.74, 6) is 0. The molecule has 0 spiro atoms. The maximum Gasteiger partial charge on any atom is 0 e. The first kappa shape index (κ1) is 131.